The molecule has 0 heterocycles. The first-order valence-corrected chi connectivity index (χ1v) is 6.80. The first-order valence-electron chi connectivity index (χ1n) is 6.80. The van der Waals surface area contributed by atoms with Crippen molar-refractivity contribution in [2.75, 3.05) is 0 Å². The number of allylic oxidation sites excluding steroid dienone is 2. The van der Waals surface area contributed by atoms with Gasteiger partial charge in [-0.25, -0.2) is 0 Å². The van der Waals surface area contributed by atoms with E-state index in [0.717, 1.165) is 5.56 Å². The zero-order valence-corrected chi connectivity index (χ0v) is 12.9. The van der Waals surface area contributed by atoms with Crippen LogP contribution in [0.2, 0.25) is 0 Å². The van der Waals surface area contributed by atoms with Gasteiger partial charge in [0.2, 0.25) is 0 Å². The van der Waals surface area contributed by atoms with Crippen molar-refractivity contribution in [1.82, 2.24) is 5.32 Å². The molecule has 0 aromatic heterocycles. The number of rotatable bonds is 3. The first kappa shape index (κ1) is 15.5. The van der Waals surface area contributed by atoms with E-state index < -0.39 is 0 Å². The lowest BCUT2D eigenvalue weighted by molar-refractivity contribution is 0.0943. The van der Waals surface area contributed by atoms with E-state index in [4.69, 9.17) is 0 Å². The van der Waals surface area contributed by atoms with Crippen LogP contribution in [0.3, 0.4) is 0 Å². The maximum absolute atomic E-state index is 11.8. The van der Waals surface area contributed by atoms with Crippen molar-refractivity contribution in [2.45, 2.75) is 47.6 Å². The Kier molecular flexibility index (Phi) is 4.93. The summed E-state index contributed by atoms with van der Waals surface area (Å²) in [5, 5.41) is 2.89. The van der Waals surface area contributed by atoms with Crippen molar-refractivity contribution < 1.29 is 4.79 Å². The van der Waals surface area contributed by atoms with Gasteiger partial charge in [-0.3, -0.25) is 4.79 Å². The Labute approximate surface area is 116 Å². The van der Waals surface area contributed by atoms with E-state index >= 15 is 0 Å². The molecule has 104 valence electrons. The van der Waals surface area contributed by atoms with Crippen LogP contribution in [0.1, 0.15) is 57.5 Å². The highest BCUT2D eigenvalue weighted by atomic mass is 16.1. The molecule has 0 aliphatic carbocycles. The van der Waals surface area contributed by atoms with Crippen LogP contribution in [0.5, 0.6) is 0 Å². The molecule has 1 aromatic rings. The number of amides is 1. The Morgan fingerprint density at radius 3 is 2.00 bits per heavy atom. The summed E-state index contributed by atoms with van der Waals surface area (Å²) in [5.41, 5.74) is 3.28. The smallest absolute Gasteiger partial charge is 0.251 e. The van der Waals surface area contributed by atoms with Crippen LogP contribution in [-0.4, -0.2) is 11.9 Å². The minimum atomic E-state index is -0.0148. The van der Waals surface area contributed by atoms with Crippen molar-refractivity contribution in [2.24, 2.45) is 5.41 Å². The predicted octanol–water partition coefficient (Wildman–Crippen LogP) is 4.27. The molecule has 1 aromatic carbocycles. The summed E-state index contributed by atoms with van der Waals surface area (Å²) in [6, 6.07) is 7.94. The van der Waals surface area contributed by atoms with Crippen LogP contribution in [0.15, 0.2) is 30.3 Å². The average Bonchev–Trinajstić information content (AvgIpc) is 2.26. The van der Waals surface area contributed by atoms with Gasteiger partial charge in [0.1, 0.15) is 0 Å². The molecule has 0 bridgehead atoms. The summed E-state index contributed by atoms with van der Waals surface area (Å²) >= 11 is 0. The average molecular weight is 259 g/mol. The van der Waals surface area contributed by atoms with Crippen molar-refractivity contribution >= 4 is 11.5 Å². The zero-order chi connectivity index (χ0) is 14.6. The number of carbonyl (C=O) groups excluding carboxylic acids is 1. The maximum atomic E-state index is 11.8. The van der Waals surface area contributed by atoms with E-state index in [2.05, 4.69) is 39.1 Å². The molecule has 2 heteroatoms. The van der Waals surface area contributed by atoms with E-state index in [1.54, 1.807) is 0 Å². The topological polar surface area (TPSA) is 29.1 Å². The lowest BCUT2D eigenvalue weighted by Gasteiger charge is -2.15. The second kappa shape index (κ2) is 6.05. The third-order valence-corrected chi connectivity index (χ3v) is 2.67. The number of benzene rings is 1. The van der Waals surface area contributed by atoms with E-state index in [0.29, 0.717) is 5.56 Å². The summed E-state index contributed by atoms with van der Waals surface area (Å²) in [6.45, 7) is 12.6. The number of carbonyl (C=O) groups is 1. The lowest BCUT2D eigenvalue weighted by atomic mass is 9.91. The SMILES string of the molecule is C/C(=C\C(C)(C)C)c1ccc(C(=O)NC(C)C)cc1. The number of nitrogens with one attached hydrogen (secondary N) is 1. The highest BCUT2D eigenvalue weighted by Crippen LogP contribution is 2.23. The van der Waals surface area contributed by atoms with E-state index in [-0.39, 0.29) is 17.4 Å². The van der Waals surface area contributed by atoms with Crippen LogP contribution in [0.25, 0.3) is 5.57 Å². The Morgan fingerprint density at radius 2 is 1.58 bits per heavy atom. The first-order chi connectivity index (χ1) is 8.69. The molecule has 0 fully saturated rings. The van der Waals surface area contributed by atoms with Crippen LogP contribution < -0.4 is 5.32 Å². The van der Waals surface area contributed by atoms with Gasteiger partial charge in [0.15, 0.2) is 0 Å². The molecule has 0 atom stereocenters. The molecule has 1 amide bonds. The van der Waals surface area contributed by atoms with Gasteiger partial charge in [0.25, 0.3) is 5.91 Å². The fraction of sp³-hybridized carbons (Fsp3) is 0.471. The Morgan fingerprint density at radius 1 is 1.11 bits per heavy atom. The van der Waals surface area contributed by atoms with E-state index in [1.807, 2.05) is 38.1 Å². The second-order valence-electron chi connectivity index (χ2n) is 6.40. The number of hydrogen-bond acceptors (Lipinski definition) is 1. The standard InChI is InChI=1S/C17H25NO/c1-12(2)18-16(19)15-9-7-14(8-10-15)13(3)11-17(4,5)6/h7-12H,1-6H3,(H,18,19)/b13-11+. The highest BCUT2D eigenvalue weighted by Gasteiger charge is 2.09. The zero-order valence-electron chi connectivity index (χ0n) is 12.9. The molecule has 2 nitrogen and oxygen atoms in total. The maximum Gasteiger partial charge on any atom is 0.251 e. The molecule has 0 spiro atoms. The lowest BCUT2D eigenvalue weighted by Crippen LogP contribution is -2.29. The number of hydrogen-bond donors (Lipinski definition) is 1. The third kappa shape index (κ3) is 5.29. The molecule has 0 aliphatic heterocycles. The summed E-state index contributed by atoms with van der Waals surface area (Å²) < 4.78 is 0. The van der Waals surface area contributed by atoms with Gasteiger partial charge in [-0.2, -0.15) is 0 Å². The summed E-state index contributed by atoms with van der Waals surface area (Å²) in [7, 11) is 0. The summed E-state index contributed by atoms with van der Waals surface area (Å²) in [5.74, 6) is -0.0148. The van der Waals surface area contributed by atoms with Crippen LogP contribution in [0.4, 0.5) is 0 Å². The largest absolute Gasteiger partial charge is 0.350 e. The molecule has 1 rings (SSSR count). The monoisotopic (exact) mass is 259 g/mol. The predicted molar refractivity (Wildman–Crippen MR) is 82.2 cm³/mol. The molecule has 0 saturated carbocycles. The highest BCUT2D eigenvalue weighted by molar-refractivity contribution is 5.94. The van der Waals surface area contributed by atoms with Crippen molar-refractivity contribution in [1.29, 1.82) is 0 Å². The Balaban J connectivity index is 2.88. The molecular weight excluding hydrogens is 234 g/mol. The minimum absolute atomic E-state index is 0.0148. The third-order valence-electron chi connectivity index (χ3n) is 2.67. The quantitative estimate of drug-likeness (QED) is 0.862. The van der Waals surface area contributed by atoms with Gasteiger partial charge < -0.3 is 5.32 Å². The van der Waals surface area contributed by atoms with Gasteiger partial charge in [0.05, 0.1) is 0 Å². The van der Waals surface area contributed by atoms with Crippen molar-refractivity contribution in [3.05, 3.63) is 41.5 Å². The van der Waals surface area contributed by atoms with E-state index in [9.17, 15) is 4.79 Å². The van der Waals surface area contributed by atoms with Crippen LogP contribution in [-0.2, 0) is 0 Å². The molecule has 19 heavy (non-hydrogen) atoms. The van der Waals surface area contributed by atoms with Gasteiger partial charge in [-0.05, 0) is 49.5 Å². The second-order valence-corrected chi connectivity index (χ2v) is 6.40. The fourth-order valence-electron chi connectivity index (χ4n) is 1.96. The fourth-order valence-corrected chi connectivity index (χ4v) is 1.96. The van der Waals surface area contributed by atoms with Gasteiger partial charge >= 0.3 is 0 Å². The van der Waals surface area contributed by atoms with Crippen molar-refractivity contribution in [3.8, 4) is 0 Å². The van der Waals surface area contributed by atoms with Crippen molar-refractivity contribution in [3.63, 3.8) is 0 Å². The van der Waals surface area contributed by atoms with Gasteiger partial charge in [-0.15, -0.1) is 0 Å². The molecule has 0 radical (unpaired) electrons. The minimum Gasteiger partial charge on any atom is -0.350 e. The van der Waals surface area contributed by atoms with Gasteiger partial charge in [-0.1, -0.05) is 39.0 Å². The molecule has 0 aliphatic rings. The summed E-state index contributed by atoms with van der Waals surface area (Å²) in [6.07, 6.45) is 2.25. The molecule has 0 saturated heterocycles. The van der Waals surface area contributed by atoms with Crippen LogP contribution >= 0.6 is 0 Å². The molecule has 1 N–H and O–H groups in total. The van der Waals surface area contributed by atoms with Crippen LogP contribution in [0, 0.1) is 5.41 Å². The Hall–Kier alpha value is -1.57. The normalized spacial score (nSPS) is 12.7. The summed E-state index contributed by atoms with van der Waals surface area (Å²) in [4.78, 5) is 11.8. The molecular formula is C17H25NO. The van der Waals surface area contributed by atoms with Gasteiger partial charge in [0, 0.05) is 11.6 Å². The molecule has 0 unspecified atom stereocenters. The Bertz CT molecular complexity index is 461. The van der Waals surface area contributed by atoms with E-state index in [1.165, 1.54) is 5.57 Å².